The molecule has 0 bridgehead atoms. The molecule has 0 radical (unpaired) electrons. The highest BCUT2D eigenvalue weighted by atomic mass is 32.1. The van der Waals surface area contributed by atoms with Crippen LogP contribution in [0.5, 0.6) is 0 Å². The van der Waals surface area contributed by atoms with Crippen molar-refractivity contribution in [1.82, 2.24) is 10.3 Å². The van der Waals surface area contributed by atoms with Crippen LogP contribution in [0.4, 0.5) is 4.39 Å². The van der Waals surface area contributed by atoms with Crippen molar-refractivity contribution >= 4 is 11.3 Å². The molecule has 1 saturated heterocycles. The van der Waals surface area contributed by atoms with Gasteiger partial charge in [-0.3, -0.25) is 0 Å². The fourth-order valence-electron chi connectivity index (χ4n) is 1.84. The minimum atomic E-state index is -0.371. The first-order valence-corrected chi connectivity index (χ1v) is 5.90. The molecule has 4 heteroatoms. The van der Waals surface area contributed by atoms with Gasteiger partial charge in [0.15, 0.2) is 0 Å². The van der Waals surface area contributed by atoms with Crippen LogP contribution in [0.15, 0.2) is 6.20 Å². The lowest BCUT2D eigenvalue weighted by atomic mass is 9.95. The summed E-state index contributed by atoms with van der Waals surface area (Å²) in [6, 6.07) is 0. The van der Waals surface area contributed by atoms with Crippen LogP contribution in [0.3, 0.4) is 0 Å². The summed E-state index contributed by atoms with van der Waals surface area (Å²) < 4.78 is 12.3. The Hall–Kier alpha value is -0.480. The van der Waals surface area contributed by atoms with E-state index < -0.39 is 0 Å². The Kier molecular flexibility index (Phi) is 3.48. The zero-order valence-electron chi connectivity index (χ0n) is 8.13. The van der Waals surface area contributed by atoms with Crippen LogP contribution in [0.1, 0.15) is 22.7 Å². The van der Waals surface area contributed by atoms with Gasteiger partial charge in [0.2, 0.25) is 0 Å². The molecule has 1 aliphatic heterocycles. The number of nitrogens with one attached hydrogen (secondary N) is 1. The van der Waals surface area contributed by atoms with Gasteiger partial charge >= 0.3 is 0 Å². The molecular weight excluding hydrogens is 199 g/mol. The summed E-state index contributed by atoms with van der Waals surface area (Å²) in [7, 11) is 0. The fraction of sp³-hybridized carbons (Fsp3) is 0.700. The van der Waals surface area contributed by atoms with E-state index in [0.717, 1.165) is 35.3 Å². The predicted octanol–water partition coefficient (Wildman–Crippen LogP) is 2.15. The zero-order chi connectivity index (χ0) is 9.80. The van der Waals surface area contributed by atoms with Gasteiger partial charge in [0.1, 0.15) is 6.67 Å². The molecule has 0 atom stereocenters. The van der Waals surface area contributed by atoms with Crippen LogP contribution in [0, 0.1) is 5.92 Å². The molecule has 1 aliphatic rings. The van der Waals surface area contributed by atoms with Gasteiger partial charge in [-0.1, -0.05) is 0 Å². The Morgan fingerprint density at radius 1 is 1.50 bits per heavy atom. The predicted molar refractivity (Wildman–Crippen MR) is 56.2 cm³/mol. The highest BCUT2D eigenvalue weighted by Crippen LogP contribution is 2.21. The van der Waals surface area contributed by atoms with Gasteiger partial charge in [-0.15, -0.1) is 11.3 Å². The minimum absolute atomic E-state index is 0.371. The maximum absolute atomic E-state index is 12.3. The van der Waals surface area contributed by atoms with Gasteiger partial charge in [-0.05, 0) is 31.8 Å². The maximum atomic E-state index is 12.3. The standard InChI is InChI=1S/C10H15FN2S/c11-6-9-7-13-10(14-9)5-8-1-3-12-4-2-8/h7-8,12H,1-6H2. The van der Waals surface area contributed by atoms with Gasteiger partial charge in [-0.2, -0.15) is 0 Å². The quantitative estimate of drug-likeness (QED) is 0.834. The van der Waals surface area contributed by atoms with Crippen molar-refractivity contribution in [3.05, 3.63) is 16.1 Å². The second kappa shape index (κ2) is 4.84. The van der Waals surface area contributed by atoms with Crippen molar-refractivity contribution in [2.24, 2.45) is 5.92 Å². The number of hydrogen-bond acceptors (Lipinski definition) is 3. The van der Waals surface area contributed by atoms with Crippen molar-refractivity contribution < 1.29 is 4.39 Å². The van der Waals surface area contributed by atoms with E-state index in [9.17, 15) is 4.39 Å². The molecule has 2 nitrogen and oxygen atoms in total. The van der Waals surface area contributed by atoms with E-state index >= 15 is 0 Å². The molecule has 2 heterocycles. The molecule has 1 aromatic rings. The third kappa shape index (κ3) is 2.51. The lowest BCUT2D eigenvalue weighted by Gasteiger charge is -2.21. The molecule has 0 spiro atoms. The van der Waals surface area contributed by atoms with Crippen LogP contribution < -0.4 is 5.32 Å². The second-order valence-electron chi connectivity index (χ2n) is 3.75. The molecular formula is C10H15FN2S. The van der Waals surface area contributed by atoms with Crippen molar-refractivity contribution in [1.29, 1.82) is 0 Å². The Labute approximate surface area is 87.6 Å². The van der Waals surface area contributed by atoms with Crippen LogP contribution in [-0.2, 0) is 13.1 Å². The van der Waals surface area contributed by atoms with Gasteiger partial charge in [0, 0.05) is 12.6 Å². The van der Waals surface area contributed by atoms with E-state index in [1.54, 1.807) is 6.20 Å². The first-order chi connectivity index (χ1) is 6.88. The number of hydrogen-bond donors (Lipinski definition) is 1. The average molecular weight is 214 g/mol. The molecule has 78 valence electrons. The molecule has 0 unspecified atom stereocenters. The number of nitrogens with zero attached hydrogens (tertiary/aromatic N) is 1. The number of rotatable bonds is 3. The lowest BCUT2D eigenvalue weighted by molar-refractivity contribution is 0.372. The minimum Gasteiger partial charge on any atom is -0.317 e. The second-order valence-corrected chi connectivity index (χ2v) is 4.95. The van der Waals surface area contributed by atoms with Gasteiger partial charge in [0.25, 0.3) is 0 Å². The van der Waals surface area contributed by atoms with E-state index in [1.165, 1.54) is 24.2 Å². The van der Waals surface area contributed by atoms with Crippen LogP contribution >= 0.6 is 11.3 Å². The summed E-state index contributed by atoms with van der Waals surface area (Å²) in [6.07, 6.45) is 5.16. The molecule has 0 saturated carbocycles. The van der Waals surface area contributed by atoms with Crippen molar-refractivity contribution in [2.45, 2.75) is 25.9 Å². The van der Waals surface area contributed by atoms with Crippen molar-refractivity contribution in [3.63, 3.8) is 0 Å². The number of piperidine rings is 1. The number of thiazole rings is 1. The summed E-state index contributed by atoms with van der Waals surface area (Å²) in [6.45, 7) is 1.86. The zero-order valence-corrected chi connectivity index (χ0v) is 8.95. The van der Waals surface area contributed by atoms with Crippen LogP contribution in [-0.4, -0.2) is 18.1 Å². The van der Waals surface area contributed by atoms with E-state index in [-0.39, 0.29) is 6.67 Å². The monoisotopic (exact) mass is 214 g/mol. The Bertz CT molecular complexity index is 281. The summed E-state index contributed by atoms with van der Waals surface area (Å²) >= 11 is 1.52. The smallest absolute Gasteiger partial charge is 0.125 e. The lowest BCUT2D eigenvalue weighted by Crippen LogP contribution is -2.28. The van der Waals surface area contributed by atoms with E-state index in [0.29, 0.717) is 0 Å². The number of aromatic nitrogens is 1. The molecule has 1 N–H and O–H groups in total. The molecule has 14 heavy (non-hydrogen) atoms. The van der Waals surface area contributed by atoms with Gasteiger partial charge < -0.3 is 5.32 Å². The van der Waals surface area contributed by atoms with Crippen LogP contribution in [0.25, 0.3) is 0 Å². The molecule has 0 amide bonds. The molecule has 0 aliphatic carbocycles. The summed E-state index contributed by atoms with van der Waals surface area (Å²) in [5.41, 5.74) is 0. The fourth-order valence-corrected chi connectivity index (χ4v) is 2.72. The Balaban J connectivity index is 1.89. The largest absolute Gasteiger partial charge is 0.317 e. The Morgan fingerprint density at radius 3 is 2.93 bits per heavy atom. The summed E-state index contributed by atoms with van der Waals surface area (Å²) in [5, 5.41) is 4.44. The highest BCUT2D eigenvalue weighted by Gasteiger charge is 2.15. The van der Waals surface area contributed by atoms with Crippen molar-refractivity contribution in [2.75, 3.05) is 13.1 Å². The topological polar surface area (TPSA) is 24.9 Å². The SMILES string of the molecule is FCc1cnc(CC2CCNCC2)s1. The van der Waals surface area contributed by atoms with Gasteiger partial charge in [-0.25, -0.2) is 9.37 Å². The normalized spacial score (nSPS) is 18.6. The summed E-state index contributed by atoms with van der Waals surface area (Å²) in [5.74, 6) is 0.745. The van der Waals surface area contributed by atoms with Gasteiger partial charge in [0.05, 0.1) is 9.88 Å². The van der Waals surface area contributed by atoms with E-state index in [1.807, 2.05) is 0 Å². The molecule has 2 rings (SSSR count). The number of alkyl halides is 1. The van der Waals surface area contributed by atoms with Crippen molar-refractivity contribution in [3.8, 4) is 0 Å². The summed E-state index contributed by atoms with van der Waals surface area (Å²) in [4.78, 5) is 5.00. The third-order valence-electron chi connectivity index (χ3n) is 2.66. The first kappa shape index (κ1) is 10.1. The molecule has 1 fully saturated rings. The average Bonchev–Trinajstić information content (AvgIpc) is 2.67. The maximum Gasteiger partial charge on any atom is 0.125 e. The Morgan fingerprint density at radius 2 is 2.29 bits per heavy atom. The highest BCUT2D eigenvalue weighted by molar-refractivity contribution is 7.11. The number of halogens is 1. The molecule has 0 aromatic carbocycles. The van der Waals surface area contributed by atoms with E-state index in [2.05, 4.69) is 10.3 Å². The molecule has 1 aromatic heterocycles. The van der Waals surface area contributed by atoms with Crippen LogP contribution in [0.2, 0.25) is 0 Å². The third-order valence-corrected chi connectivity index (χ3v) is 3.64. The van der Waals surface area contributed by atoms with E-state index in [4.69, 9.17) is 0 Å². The first-order valence-electron chi connectivity index (χ1n) is 5.08.